The minimum absolute atomic E-state index is 0.326. The molecule has 1 aromatic carbocycles. The van der Waals surface area contributed by atoms with Gasteiger partial charge < -0.3 is 19.4 Å². The summed E-state index contributed by atoms with van der Waals surface area (Å²) >= 11 is 0. The zero-order chi connectivity index (χ0) is 13.4. The van der Waals surface area contributed by atoms with Crippen molar-refractivity contribution in [2.75, 3.05) is 6.79 Å². The molecule has 2 aromatic rings. The summed E-state index contributed by atoms with van der Waals surface area (Å²) in [5.74, 6) is 1.67. The fraction of sp³-hybridized carbons (Fsp3) is 0.400. The van der Waals surface area contributed by atoms with Gasteiger partial charge in [0.25, 0.3) is 0 Å². The SMILES string of the molecule is c1cc2c(cc1CNCc1cncn1C1CC1)OCO2. The van der Waals surface area contributed by atoms with Crippen molar-refractivity contribution in [3.05, 3.63) is 42.0 Å². The fourth-order valence-corrected chi connectivity index (χ4v) is 2.54. The van der Waals surface area contributed by atoms with Crippen LogP contribution in [0.2, 0.25) is 0 Å². The van der Waals surface area contributed by atoms with Crippen LogP contribution in [-0.2, 0) is 13.1 Å². The van der Waals surface area contributed by atoms with Crippen LogP contribution >= 0.6 is 0 Å². The summed E-state index contributed by atoms with van der Waals surface area (Å²) in [7, 11) is 0. The van der Waals surface area contributed by atoms with E-state index in [9.17, 15) is 0 Å². The Balaban J connectivity index is 1.37. The van der Waals surface area contributed by atoms with E-state index < -0.39 is 0 Å². The fourth-order valence-electron chi connectivity index (χ4n) is 2.54. The van der Waals surface area contributed by atoms with Crippen LogP contribution in [0.3, 0.4) is 0 Å². The largest absolute Gasteiger partial charge is 0.454 e. The molecule has 5 nitrogen and oxygen atoms in total. The molecular weight excluding hydrogens is 254 g/mol. The summed E-state index contributed by atoms with van der Waals surface area (Å²) in [6.07, 6.45) is 6.46. The Kier molecular flexibility index (Phi) is 2.85. The van der Waals surface area contributed by atoms with Crippen LogP contribution in [0.4, 0.5) is 0 Å². The molecule has 4 rings (SSSR count). The number of hydrogen-bond donors (Lipinski definition) is 1. The number of benzene rings is 1. The minimum atomic E-state index is 0.326. The van der Waals surface area contributed by atoms with Crippen LogP contribution < -0.4 is 14.8 Å². The highest BCUT2D eigenvalue weighted by Gasteiger charge is 2.24. The lowest BCUT2D eigenvalue weighted by atomic mass is 10.2. The van der Waals surface area contributed by atoms with Gasteiger partial charge in [0.05, 0.1) is 12.0 Å². The molecule has 104 valence electrons. The van der Waals surface area contributed by atoms with Gasteiger partial charge in [-0.1, -0.05) is 6.07 Å². The average Bonchev–Trinajstić information content (AvgIpc) is 3.01. The zero-order valence-electron chi connectivity index (χ0n) is 11.2. The van der Waals surface area contributed by atoms with Crippen LogP contribution in [0.1, 0.15) is 30.1 Å². The molecule has 0 amide bonds. The van der Waals surface area contributed by atoms with E-state index in [2.05, 4.69) is 20.9 Å². The minimum Gasteiger partial charge on any atom is -0.454 e. The summed E-state index contributed by atoms with van der Waals surface area (Å²) in [5.41, 5.74) is 2.46. The molecule has 2 heterocycles. The van der Waals surface area contributed by atoms with Crippen molar-refractivity contribution in [2.45, 2.75) is 32.0 Å². The van der Waals surface area contributed by atoms with E-state index in [1.807, 2.05) is 24.7 Å². The standard InChI is InChI=1S/C15H17N3O2/c1-4-14-15(20-10-19-14)5-11(1)6-16-7-13-8-17-9-18(13)12-2-3-12/h1,4-5,8-9,12,16H,2-3,6-7,10H2. The van der Waals surface area contributed by atoms with Gasteiger partial charge in [-0.15, -0.1) is 0 Å². The van der Waals surface area contributed by atoms with Crippen molar-refractivity contribution in [3.8, 4) is 11.5 Å². The van der Waals surface area contributed by atoms with E-state index in [-0.39, 0.29) is 0 Å². The van der Waals surface area contributed by atoms with Gasteiger partial charge in [0, 0.05) is 25.3 Å². The van der Waals surface area contributed by atoms with Crippen LogP contribution in [-0.4, -0.2) is 16.3 Å². The predicted molar refractivity (Wildman–Crippen MR) is 73.6 cm³/mol. The molecule has 0 spiro atoms. The van der Waals surface area contributed by atoms with E-state index in [1.54, 1.807) is 0 Å². The second kappa shape index (κ2) is 4.83. The van der Waals surface area contributed by atoms with Crippen molar-refractivity contribution < 1.29 is 9.47 Å². The lowest BCUT2D eigenvalue weighted by Crippen LogP contribution is -2.15. The van der Waals surface area contributed by atoms with Crippen LogP contribution in [0.5, 0.6) is 11.5 Å². The van der Waals surface area contributed by atoms with Gasteiger partial charge in [-0.2, -0.15) is 0 Å². The normalized spacial score (nSPS) is 16.6. The van der Waals surface area contributed by atoms with Crippen molar-refractivity contribution in [2.24, 2.45) is 0 Å². The molecule has 0 bridgehead atoms. The van der Waals surface area contributed by atoms with Gasteiger partial charge in [0.2, 0.25) is 6.79 Å². The van der Waals surface area contributed by atoms with Crippen LogP contribution in [0, 0.1) is 0 Å². The van der Waals surface area contributed by atoms with E-state index in [4.69, 9.17) is 9.47 Å². The summed E-state index contributed by atoms with van der Waals surface area (Å²) in [4.78, 5) is 4.24. The molecule has 0 atom stereocenters. The highest BCUT2D eigenvalue weighted by atomic mass is 16.7. The summed E-state index contributed by atoms with van der Waals surface area (Å²) in [6.45, 7) is 1.98. The van der Waals surface area contributed by atoms with E-state index in [0.717, 1.165) is 24.6 Å². The van der Waals surface area contributed by atoms with Gasteiger partial charge >= 0.3 is 0 Å². The topological polar surface area (TPSA) is 48.3 Å². The Bertz CT molecular complexity index is 619. The molecule has 1 aromatic heterocycles. The molecular formula is C15H17N3O2. The maximum absolute atomic E-state index is 5.39. The van der Waals surface area contributed by atoms with E-state index >= 15 is 0 Å². The van der Waals surface area contributed by atoms with E-state index in [1.165, 1.54) is 24.1 Å². The second-order valence-corrected chi connectivity index (χ2v) is 5.31. The first kappa shape index (κ1) is 11.8. The Labute approximate surface area is 117 Å². The second-order valence-electron chi connectivity index (χ2n) is 5.31. The molecule has 1 saturated carbocycles. The first-order chi connectivity index (χ1) is 9.90. The molecule has 5 heteroatoms. The first-order valence-electron chi connectivity index (χ1n) is 7.00. The summed E-state index contributed by atoms with van der Waals surface area (Å²) < 4.78 is 13.0. The van der Waals surface area contributed by atoms with Crippen molar-refractivity contribution in [3.63, 3.8) is 0 Å². The molecule has 20 heavy (non-hydrogen) atoms. The quantitative estimate of drug-likeness (QED) is 0.906. The number of fused-ring (bicyclic) bond motifs is 1. The van der Waals surface area contributed by atoms with Crippen LogP contribution in [0.15, 0.2) is 30.7 Å². The number of aromatic nitrogens is 2. The number of imidazole rings is 1. The summed E-state index contributed by atoms with van der Waals surface area (Å²) in [5, 5.41) is 3.46. The number of nitrogens with zero attached hydrogens (tertiary/aromatic N) is 2. The molecule has 2 aliphatic rings. The lowest BCUT2D eigenvalue weighted by molar-refractivity contribution is 0.174. The molecule has 1 N–H and O–H groups in total. The zero-order valence-corrected chi connectivity index (χ0v) is 11.2. The third-order valence-corrected chi connectivity index (χ3v) is 3.76. The molecule has 0 unspecified atom stereocenters. The number of rotatable bonds is 5. The first-order valence-corrected chi connectivity index (χ1v) is 7.00. The molecule has 0 saturated heterocycles. The maximum atomic E-state index is 5.39. The highest BCUT2D eigenvalue weighted by molar-refractivity contribution is 5.44. The Morgan fingerprint density at radius 3 is 3.00 bits per heavy atom. The third kappa shape index (κ3) is 2.25. The van der Waals surface area contributed by atoms with Crippen molar-refractivity contribution in [1.82, 2.24) is 14.9 Å². The monoisotopic (exact) mass is 271 g/mol. The van der Waals surface area contributed by atoms with Gasteiger partial charge in [0.15, 0.2) is 11.5 Å². The van der Waals surface area contributed by atoms with Crippen molar-refractivity contribution >= 4 is 0 Å². The molecule has 1 aliphatic carbocycles. The third-order valence-electron chi connectivity index (χ3n) is 3.76. The number of ether oxygens (including phenoxy) is 2. The van der Waals surface area contributed by atoms with Gasteiger partial charge in [-0.05, 0) is 30.5 Å². The maximum Gasteiger partial charge on any atom is 0.231 e. The summed E-state index contributed by atoms with van der Waals surface area (Å²) in [6, 6.07) is 6.75. The van der Waals surface area contributed by atoms with E-state index in [0.29, 0.717) is 12.8 Å². The van der Waals surface area contributed by atoms with Crippen LogP contribution in [0.25, 0.3) is 0 Å². The Morgan fingerprint density at radius 1 is 1.20 bits per heavy atom. The van der Waals surface area contributed by atoms with Gasteiger partial charge in [0.1, 0.15) is 0 Å². The van der Waals surface area contributed by atoms with Gasteiger partial charge in [-0.25, -0.2) is 4.98 Å². The van der Waals surface area contributed by atoms with Crippen molar-refractivity contribution in [1.29, 1.82) is 0 Å². The Morgan fingerprint density at radius 2 is 2.10 bits per heavy atom. The molecule has 1 aliphatic heterocycles. The lowest BCUT2D eigenvalue weighted by Gasteiger charge is -2.08. The van der Waals surface area contributed by atoms with Gasteiger partial charge in [-0.3, -0.25) is 0 Å². The average molecular weight is 271 g/mol. The molecule has 0 radical (unpaired) electrons. The number of nitrogens with one attached hydrogen (secondary N) is 1. The predicted octanol–water partition coefficient (Wildman–Crippen LogP) is 2.24. The Hall–Kier alpha value is -2.01. The number of hydrogen-bond acceptors (Lipinski definition) is 4. The molecule has 1 fully saturated rings. The highest BCUT2D eigenvalue weighted by Crippen LogP contribution is 2.35. The smallest absolute Gasteiger partial charge is 0.231 e.